The second-order valence-corrected chi connectivity index (χ2v) is 11.9. The van der Waals surface area contributed by atoms with Gasteiger partial charge in [-0.2, -0.15) is 5.10 Å². The number of alkyl carbamates (subject to hydrolysis) is 1. The number of benzene rings is 2. The number of nitrogens with zero attached hydrogens (tertiary/aromatic N) is 2. The van der Waals surface area contributed by atoms with Crippen LogP contribution in [0.1, 0.15) is 69.6 Å². The van der Waals surface area contributed by atoms with Gasteiger partial charge in [-0.1, -0.05) is 47.2 Å². The molecule has 1 aromatic heterocycles. The number of hydrogen-bond donors (Lipinski definition) is 2. The van der Waals surface area contributed by atoms with E-state index in [4.69, 9.17) is 27.9 Å². The Morgan fingerprint density at radius 1 is 1.03 bits per heavy atom. The van der Waals surface area contributed by atoms with Crippen LogP contribution in [-0.4, -0.2) is 39.5 Å². The van der Waals surface area contributed by atoms with Crippen LogP contribution < -0.4 is 10.6 Å². The van der Waals surface area contributed by atoms with Crippen molar-refractivity contribution < 1.29 is 14.3 Å². The molecule has 3 rings (SSSR count). The lowest BCUT2D eigenvalue weighted by Crippen LogP contribution is -2.41. The van der Waals surface area contributed by atoms with Crippen molar-refractivity contribution in [3.05, 3.63) is 69.3 Å². The average molecular weight is 570 g/mol. The van der Waals surface area contributed by atoms with Crippen molar-refractivity contribution in [3.63, 3.8) is 0 Å². The van der Waals surface area contributed by atoms with Crippen molar-refractivity contribution in [1.29, 1.82) is 0 Å². The van der Waals surface area contributed by atoms with Gasteiger partial charge in [-0.25, -0.2) is 9.48 Å². The number of ether oxygens (including phenoxy) is 1. The first-order valence-electron chi connectivity index (χ1n) is 12.6. The van der Waals surface area contributed by atoms with Crippen LogP contribution in [0.4, 0.5) is 4.79 Å². The van der Waals surface area contributed by atoms with E-state index >= 15 is 0 Å². The van der Waals surface area contributed by atoms with E-state index in [1.165, 1.54) is 0 Å². The number of rotatable bonds is 5. The van der Waals surface area contributed by atoms with Crippen LogP contribution in [0.15, 0.2) is 42.5 Å². The number of amides is 2. The first-order chi connectivity index (χ1) is 18.1. The van der Waals surface area contributed by atoms with Gasteiger partial charge in [0, 0.05) is 40.2 Å². The first kappa shape index (κ1) is 30.1. The highest BCUT2D eigenvalue weighted by molar-refractivity contribution is 6.32. The van der Waals surface area contributed by atoms with Gasteiger partial charge in [-0.3, -0.25) is 4.79 Å². The molecule has 0 saturated carbocycles. The molecule has 39 heavy (non-hydrogen) atoms. The summed E-state index contributed by atoms with van der Waals surface area (Å²) in [6.07, 6.45) is -0.0255. The molecule has 2 aromatic carbocycles. The summed E-state index contributed by atoms with van der Waals surface area (Å²) in [5.41, 5.74) is 2.96. The van der Waals surface area contributed by atoms with E-state index in [1.54, 1.807) is 22.9 Å². The summed E-state index contributed by atoms with van der Waals surface area (Å²) >= 11 is 12.8. The minimum Gasteiger partial charge on any atom is -0.444 e. The van der Waals surface area contributed by atoms with E-state index < -0.39 is 17.2 Å². The Bertz CT molecular complexity index is 1420. The van der Waals surface area contributed by atoms with Gasteiger partial charge in [0.2, 0.25) is 0 Å². The summed E-state index contributed by atoms with van der Waals surface area (Å²) in [6.45, 7) is 13.4. The van der Waals surface area contributed by atoms with Gasteiger partial charge in [0.15, 0.2) is 5.69 Å². The summed E-state index contributed by atoms with van der Waals surface area (Å²) < 4.78 is 6.89. The predicted octanol–water partition coefficient (Wildman–Crippen LogP) is 6.95. The van der Waals surface area contributed by atoms with E-state index in [0.29, 0.717) is 40.0 Å². The van der Waals surface area contributed by atoms with Crippen LogP contribution in [0, 0.1) is 18.8 Å². The first-order valence-corrected chi connectivity index (χ1v) is 13.3. The van der Waals surface area contributed by atoms with E-state index in [1.807, 2.05) is 72.7 Å². The average Bonchev–Trinajstić information content (AvgIpc) is 3.14. The second-order valence-electron chi connectivity index (χ2n) is 11.1. The lowest BCUT2D eigenvalue weighted by atomic mass is 10.0. The van der Waals surface area contributed by atoms with Gasteiger partial charge in [0.1, 0.15) is 5.60 Å². The van der Waals surface area contributed by atoms with E-state index in [-0.39, 0.29) is 5.91 Å². The highest BCUT2D eigenvalue weighted by atomic mass is 35.5. The van der Waals surface area contributed by atoms with Gasteiger partial charge >= 0.3 is 6.09 Å². The molecule has 9 heteroatoms. The predicted molar refractivity (Wildman–Crippen MR) is 157 cm³/mol. The van der Waals surface area contributed by atoms with Crippen molar-refractivity contribution >= 4 is 35.2 Å². The molecule has 0 unspecified atom stereocenters. The van der Waals surface area contributed by atoms with Crippen molar-refractivity contribution in [2.75, 3.05) is 6.54 Å². The summed E-state index contributed by atoms with van der Waals surface area (Å²) in [4.78, 5) is 24.8. The van der Waals surface area contributed by atoms with Crippen molar-refractivity contribution in [1.82, 2.24) is 20.4 Å². The third-order valence-corrected chi connectivity index (χ3v) is 5.83. The number of aromatic nitrogens is 2. The number of hydrogen-bond acceptors (Lipinski definition) is 4. The zero-order chi connectivity index (χ0) is 29.0. The molecule has 0 aliphatic heterocycles. The fourth-order valence-corrected chi connectivity index (χ4v) is 4.08. The molecule has 2 amide bonds. The topological polar surface area (TPSA) is 85.3 Å². The summed E-state index contributed by atoms with van der Waals surface area (Å²) in [7, 11) is 0. The lowest BCUT2D eigenvalue weighted by Gasteiger charge is -2.19. The molecule has 0 radical (unpaired) electrons. The number of halogens is 2. The van der Waals surface area contributed by atoms with Crippen LogP contribution in [-0.2, 0) is 4.74 Å². The third-order valence-electron chi connectivity index (χ3n) is 5.27. The molecule has 206 valence electrons. The molecule has 7 nitrogen and oxygen atoms in total. The molecule has 1 heterocycles. The molecule has 3 aromatic rings. The molecule has 0 aliphatic rings. The molecule has 0 spiro atoms. The third kappa shape index (κ3) is 8.51. The highest BCUT2D eigenvalue weighted by Crippen LogP contribution is 2.32. The zero-order valence-electron chi connectivity index (χ0n) is 23.3. The van der Waals surface area contributed by atoms with Crippen molar-refractivity contribution in [2.45, 2.75) is 66.0 Å². The maximum absolute atomic E-state index is 13.1. The van der Waals surface area contributed by atoms with E-state index in [0.717, 1.165) is 16.8 Å². The van der Waals surface area contributed by atoms with Gasteiger partial charge in [0.25, 0.3) is 5.91 Å². The van der Waals surface area contributed by atoms with Crippen LogP contribution in [0.3, 0.4) is 0 Å². The molecule has 2 N–H and O–H groups in total. The Labute approximate surface area is 240 Å². The number of nitrogens with one attached hydrogen (secondary N) is 2. The smallest absolute Gasteiger partial charge is 0.407 e. The Balaban J connectivity index is 1.89. The fourth-order valence-electron chi connectivity index (χ4n) is 3.69. The Morgan fingerprint density at radius 3 is 2.28 bits per heavy atom. The van der Waals surface area contributed by atoms with Gasteiger partial charge in [-0.15, -0.1) is 0 Å². The second kappa shape index (κ2) is 12.1. The largest absolute Gasteiger partial charge is 0.444 e. The number of carbonyl (C=O) groups is 2. The fraction of sp³-hybridized carbons (Fsp3) is 0.367. The maximum atomic E-state index is 13.1. The monoisotopic (exact) mass is 568 g/mol. The molecule has 0 bridgehead atoms. The van der Waals surface area contributed by atoms with Crippen molar-refractivity contribution in [3.8, 4) is 28.8 Å². The number of carbonyl (C=O) groups excluding carboxylic acids is 2. The van der Waals surface area contributed by atoms with Crippen LogP contribution in [0.25, 0.3) is 16.9 Å². The van der Waals surface area contributed by atoms with Crippen LogP contribution in [0.5, 0.6) is 0 Å². The Hall–Kier alpha value is -3.47. The molecule has 0 saturated heterocycles. The lowest BCUT2D eigenvalue weighted by molar-refractivity contribution is 0.0529. The molecular formula is C30H34Cl2N4O3. The van der Waals surface area contributed by atoms with Crippen LogP contribution >= 0.6 is 23.2 Å². The molecule has 0 fully saturated rings. The Morgan fingerprint density at radius 2 is 1.69 bits per heavy atom. The Kier molecular flexibility index (Phi) is 9.37. The van der Waals surface area contributed by atoms with Gasteiger partial charge < -0.3 is 15.4 Å². The maximum Gasteiger partial charge on any atom is 0.407 e. The standard InChI is InChI=1S/C30H34Cl2N4O3/c1-19-25(27(37)34-29(2,3)4)35-36(26(19)21-12-14-22(31)15-13-21)24-16-11-20(18-23(24)32)10-8-9-17-33-28(38)39-30(5,6)7/h11-16,18H,9,17H2,1-7H3,(H,33,38)(H,34,37). The normalized spacial score (nSPS) is 11.4. The molecular weight excluding hydrogens is 535 g/mol. The highest BCUT2D eigenvalue weighted by Gasteiger charge is 2.25. The minimum absolute atomic E-state index is 0.271. The molecule has 0 aliphatic carbocycles. The van der Waals surface area contributed by atoms with Gasteiger partial charge in [-0.05, 0) is 78.8 Å². The minimum atomic E-state index is -0.550. The quantitative estimate of drug-likeness (QED) is 0.257. The van der Waals surface area contributed by atoms with Crippen LogP contribution in [0.2, 0.25) is 10.0 Å². The summed E-state index contributed by atoms with van der Waals surface area (Å²) in [6, 6.07) is 12.8. The zero-order valence-corrected chi connectivity index (χ0v) is 24.8. The van der Waals surface area contributed by atoms with E-state index in [2.05, 4.69) is 27.6 Å². The van der Waals surface area contributed by atoms with Gasteiger partial charge in [0.05, 0.1) is 16.4 Å². The SMILES string of the molecule is Cc1c(C(=O)NC(C)(C)C)nn(-c2ccc(C#CCCNC(=O)OC(C)(C)C)cc2Cl)c1-c1ccc(Cl)cc1. The van der Waals surface area contributed by atoms with E-state index in [9.17, 15) is 9.59 Å². The molecule has 0 atom stereocenters. The van der Waals surface area contributed by atoms with Crippen molar-refractivity contribution in [2.24, 2.45) is 0 Å². The summed E-state index contributed by atoms with van der Waals surface area (Å²) in [5, 5.41) is 11.4. The summed E-state index contributed by atoms with van der Waals surface area (Å²) in [5.74, 6) is 5.83.